The van der Waals surface area contributed by atoms with Crippen LogP contribution in [-0.2, 0) is 11.3 Å². The molecule has 0 bridgehead atoms. The molecule has 1 heterocycles. The minimum absolute atomic E-state index is 0.133. The van der Waals surface area contributed by atoms with Crippen LogP contribution in [-0.4, -0.2) is 25.3 Å². The molecule has 3 aromatic rings. The Balaban J connectivity index is 1.79. The van der Waals surface area contributed by atoms with Gasteiger partial charge in [-0.2, -0.15) is 0 Å². The topological polar surface area (TPSA) is 63.4 Å². The van der Waals surface area contributed by atoms with Crippen LogP contribution in [0, 0.1) is 0 Å². The van der Waals surface area contributed by atoms with E-state index in [2.05, 4.69) is 10.3 Å². The van der Waals surface area contributed by atoms with Crippen molar-refractivity contribution < 1.29 is 9.47 Å². The summed E-state index contributed by atoms with van der Waals surface area (Å²) in [5.74, 6) is 0.548. The molecule has 5 nitrogen and oxygen atoms in total. The van der Waals surface area contributed by atoms with Crippen molar-refractivity contribution in [2.75, 3.05) is 25.6 Å². The fraction of sp³-hybridized carbons (Fsp3) is 0.190. The molecule has 0 saturated heterocycles. The number of pyridine rings is 1. The molecule has 0 spiro atoms. The molecule has 0 fully saturated rings. The Hall–Kier alpha value is -2.76. The van der Waals surface area contributed by atoms with E-state index in [0.717, 1.165) is 16.8 Å². The van der Waals surface area contributed by atoms with Crippen LogP contribution in [0.2, 0.25) is 5.02 Å². The first-order chi connectivity index (χ1) is 13.2. The summed E-state index contributed by atoms with van der Waals surface area (Å²) in [5, 5.41) is 3.75. The second kappa shape index (κ2) is 9.26. The van der Waals surface area contributed by atoms with Gasteiger partial charge >= 0.3 is 0 Å². The highest BCUT2D eigenvalue weighted by Crippen LogP contribution is 2.33. The largest absolute Gasteiger partial charge is 0.487 e. The van der Waals surface area contributed by atoms with Gasteiger partial charge in [0.2, 0.25) is 0 Å². The minimum Gasteiger partial charge on any atom is -0.487 e. The van der Waals surface area contributed by atoms with E-state index in [1.165, 1.54) is 0 Å². The van der Waals surface area contributed by atoms with Crippen molar-refractivity contribution in [3.8, 4) is 16.9 Å². The van der Waals surface area contributed by atoms with E-state index in [9.17, 15) is 4.79 Å². The van der Waals surface area contributed by atoms with E-state index in [4.69, 9.17) is 21.1 Å². The molecule has 3 rings (SSSR count). The summed E-state index contributed by atoms with van der Waals surface area (Å²) in [6.45, 7) is 1.19. The normalized spacial score (nSPS) is 10.6. The minimum atomic E-state index is -0.133. The highest BCUT2D eigenvalue weighted by atomic mass is 35.5. The number of halogens is 1. The van der Waals surface area contributed by atoms with E-state index in [0.29, 0.717) is 36.1 Å². The summed E-state index contributed by atoms with van der Waals surface area (Å²) in [4.78, 5) is 15.0. The van der Waals surface area contributed by atoms with Crippen molar-refractivity contribution in [3.05, 3.63) is 81.7 Å². The second-order valence-corrected chi connectivity index (χ2v) is 6.33. The number of rotatable bonds is 8. The Morgan fingerprint density at radius 2 is 1.85 bits per heavy atom. The summed E-state index contributed by atoms with van der Waals surface area (Å²) in [6.07, 6.45) is 1.72. The molecule has 0 saturated carbocycles. The molecular formula is C21H21ClN2O3. The van der Waals surface area contributed by atoms with Gasteiger partial charge in [0.25, 0.3) is 5.56 Å². The highest BCUT2D eigenvalue weighted by Gasteiger charge is 2.10. The maximum atomic E-state index is 12.2. The van der Waals surface area contributed by atoms with Crippen LogP contribution in [0.4, 0.5) is 5.69 Å². The van der Waals surface area contributed by atoms with E-state index in [1.54, 1.807) is 19.4 Å². The number of anilines is 1. The van der Waals surface area contributed by atoms with Crippen LogP contribution < -0.4 is 15.6 Å². The van der Waals surface area contributed by atoms with Crippen LogP contribution in [0.25, 0.3) is 11.1 Å². The van der Waals surface area contributed by atoms with Gasteiger partial charge in [-0.15, -0.1) is 0 Å². The number of hydrogen-bond donors (Lipinski definition) is 2. The first kappa shape index (κ1) is 19.0. The Bertz CT molecular complexity index is 942. The van der Waals surface area contributed by atoms with E-state index in [1.807, 2.05) is 48.5 Å². The third kappa shape index (κ3) is 4.90. The van der Waals surface area contributed by atoms with Gasteiger partial charge in [0.05, 0.1) is 17.3 Å². The quantitative estimate of drug-likeness (QED) is 0.567. The SMILES string of the molecule is COCCOc1c(Cl)cccc1NCc1cc(-c2ccccc2)c[nH]c1=O. The molecule has 0 radical (unpaired) electrons. The van der Waals surface area contributed by atoms with Gasteiger partial charge in [-0.25, -0.2) is 0 Å². The second-order valence-electron chi connectivity index (χ2n) is 5.92. The lowest BCUT2D eigenvalue weighted by molar-refractivity contribution is 0.146. The number of ether oxygens (including phenoxy) is 2. The summed E-state index contributed by atoms with van der Waals surface area (Å²) < 4.78 is 10.7. The lowest BCUT2D eigenvalue weighted by Gasteiger charge is -2.14. The molecule has 0 aliphatic heterocycles. The number of H-pyrrole nitrogens is 1. The fourth-order valence-corrected chi connectivity index (χ4v) is 2.90. The van der Waals surface area contributed by atoms with Crippen LogP contribution in [0.5, 0.6) is 5.75 Å². The first-order valence-corrected chi connectivity index (χ1v) is 8.98. The molecule has 1 aromatic heterocycles. The maximum absolute atomic E-state index is 12.2. The lowest BCUT2D eigenvalue weighted by Crippen LogP contribution is -2.16. The van der Waals surface area contributed by atoms with Gasteiger partial charge < -0.3 is 19.8 Å². The zero-order chi connectivity index (χ0) is 19.1. The van der Waals surface area contributed by atoms with Crippen LogP contribution in [0.1, 0.15) is 5.56 Å². The molecule has 2 aromatic carbocycles. The lowest BCUT2D eigenvalue weighted by atomic mass is 10.1. The molecule has 6 heteroatoms. The predicted octanol–water partition coefficient (Wildman–Crippen LogP) is 4.33. The summed E-state index contributed by atoms with van der Waals surface area (Å²) >= 11 is 6.25. The van der Waals surface area contributed by atoms with Gasteiger partial charge in [-0.05, 0) is 29.3 Å². The van der Waals surface area contributed by atoms with Crippen LogP contribution in [0.3, 0.4) is 0 Å². The Labute approximate surface area is 162 Å². The predicted molar refractivity (Wildman–Crippen MR) is 109 cm³/mol. The molecule has 0 aliphatic carbocycles. The Kier molecular flexibility index (Phi) is 6.52. The maximum Gasteiger partial charge on any atom is 0.252 e. The average Bonchev–Trinajstić information content (AvgIpc) is 2.70. The highest BCUT2D eigenvalue weighted by molar-refractivity contribution is 6.32. The molecule has 0 atom stereocenters. The first-order valence-electron chi connectivity index (χ1n) is 8.60. The third-order valence-corrected chi connectivity index (χ3v) is 4.36. The molecule has 0 unspecified atom stereocenters. The van der Waals surface area contributed by atoms with E-state index in [-0.39, 0.29) is 5.56 Å². The average molecular weight is 385 g/mol. The number of hydrogen-bond acceptors (Lipinski definition) is 4. The Morgan fingerprint density at radius 1 is 1.04 bits per heavy atom. The van der Waals surface area contributed by atoms with Gasteiger partial charge in [-0.3, -0.25) is 4.79 Å². The van der Waals surface area contributed by atoms with Gasteiger partial charge in [0, 0.05) is 25.4 Å². The zero-order valence-electron chi connectivity index (χ0n) is 15.0. The van der Waals surface area contributed by atoms with Crippen molar-refractivity contribution in [1.29, 1.82) is 0 Å². The molecule has 140 valence electrons. The number of aromatic amines is 1. The molecule has 27 heavy (non-hydrogen) atoms. The summed E-state index contributed by atoms with van der Waals surface area (Å²) in [7, 11) is 1.61. The Morgan fingerprint density at radius 3 is 2.63 bits per heavy atom. The van der Waals surface area contributed by atoms with Crippen molar-refractivity contribution in [1.82, 2.24) is 4.98 Å². The summed E-state index contributed by atoms with van der Waals surface area (Å²) in [5.41, 5.74) is 3.21. The molecule has 0 aliphatic rings. The monoisotopic (exact) mass is 384 g/mol. The van der Waals surface area contributed by atoms with Gasteiger partial charge in [0.1, 0.15) is 6.61 Å². The standard InChI is InChI=1S/C21H21ClN2O3/c1-26-10-11-27-20-18(22)8-5-9-19(20)23-14-17-12-16(13-24-21(17)25)15-6-3-2-4-7-15/h2-9,12-13,23H,10-11,14H2,1H3,(H,24,25). The number of benzene rings is 2. The number of methoxy groups -OCH3 is 1. The number of para-hydroxylation sites is 1. The van der Waals surface area contributed by atoms with Crippen molar-refractivity contribution in [2.45, 2.75) is 6.54 Å². The fourth-order valence-electron chi connectivity index (χ4n) is 2.67. The van der Waals surface area contributed by atoms with E-state index >= 15 is 0 Å². The van der Waals surface area contributed by atoms with Crippen LogP contribution in [0.15, 0.2) is 65.6 Å². The molecular weight excluding hydrogens is 364 g/mol. The van der Waals surface area contributed by atoms with Gasteiger partial charge in [0.15, 0.2) is 5.75 Å². The molecule has 2 N–H and O–H groups in total. The van der Waals surface area contributed by atoms with Crippen LogP contribution >= 0.6 is 11.6 Å². The number of aromatic nitrogens is 1. The summed E-state index contributed by atoms with van der Waals surface area (Å²) in [6, 6.07) is 17.2. The van der Waals surface area contributed by atoms with Gasteiger partial charge in [-0.1, -0.05) is 48.0 Å². The van der Waals surface area contributed by atoms with E-state index < -0.39 is 0 Å². The number of nitrogens with one attached hydrogen (secondary N) is 2. The van der Waals surface area contributed by atoms with Crippen molar-refractivity contribution >= 4 is 17.3 Å². The zero-order valence-corrected chi connectivity index (χ0v) is 15.8. The molecule has 0 amide bonds. The van der Waals surface area contributed by atoms with Crippen molar-refractivity contribution in [3.63, 3.8) is 0 Å². The van der Waals surface area contributed by atoms with Crippen molar-refractivity contribution in [2.24, 2.45) is 0 Å². The smallest absolute Gasteiger partial charge is 0.252 e. The third-order valence-electron chi connectivity index (χ3n) is 4.06.